The lowest BCUT2D eigenvalue weighted by molar-refractivity contribution is 0.0600. The number of carbonyl (C=O) groups excluding carboxylic acids is 1. The number of hydrogen-bond acceptors (Lipinski definition) is 4. The summed E-state index contributed by atoms with van der Waals surface area (Å²) >= 11 is 5.75. The van der Waals surface area contributed by atoms with Gasteiger partial charge >= 0.3 is 5.97 Å². The van der Waals surface area contributed by atoms with Crippen LogP contribution < -0.4 is 4.74 Å². The first-order valence-corrected chi connectivity index (χ1v) is 4.43. The number of ether oxygens (including phenoxy) is 2. The fourth-order valence-corrected chi connectivity index (χ4v) is 1.09. The molecule has 0 radical (unpaired) electrons. The number of esters is 1. The summed E-state index contributed by atoms with van der Waals surface area (Å²) in [6.45, 7) is 2.31. The maximum absolute atomic E-state index is 11.2. The fourth-order valence-electron chi connectivity index (χ4n) is 0.913. The van der Waals surface area contributed by atoms with Crippen molar-refractivity contribution in [3.05, 3.63) is 22.8 Å². The van der Waals surface area contributed by atoms with Crippen molar-refractivity contribution in [1.82, 2.24) is 4.98 Å². The minimum Gasteiger partial charge on any atom is -0.478 e. The summed E-state index contributed by atoms with van der Waals surface area (Å²) < 4.78 is 9.66. The molecule has 1 heterocycles. The smallest absolute Gasteiger partial charge is 0.339 e. The molecule has 1 rings (SSSR count). The average Bonchev–Trinajstić information content (AvgIpc) is 2.20. The largest absolute Gasteiger partial charge is 0.478 e. The van der Waals surface area contributed by atoms with Crippen molar-refractivity contribution < 1.29 is 14.3 Å². The van der Waals surface area contributed by atoms with Crippen molar-refractivity contribution in [2.24, 2.45) is 0 Å². The molecule has 0 amide bonds. The Bertz CT molecular complexity index is 341. The standard InChI is InChI=1S/C9H10ClNO3/c1-3-14-8-4-6(9(12)13-2)7(10)5-11-8/h4-5H,3H2,1-2H3. The molecule has 0 unspecified atom stereocenters. The van der Waals surface area contributed by atoms with E-state index in [9.17, 15) is 4.79 Å². The first-order chi connectivity index (χ1) is 6.69. The molecule has 0 N–H and O–H groups in total. The summed E-state index contributed by atoms with van der Waals surface area (Å²) in [7, 11) is 1.29. The third-order valence-electron chi connectivity index (χ3n) is 1.53. The van der Waals surface area contributed by atoms with E-state index < -0.39 is 5.97 Å². The summed E-state index contributed by atoms with van der Waals surface area (Å²) in [6, 6.07) is 1.46. The van der Waals surface area contributed by atoms with Crippen LogP contribution in [0.4, 0.5) is 0 Å². The summed E-state index contributed by atoms with van der Waals surface area (Å²) in [5, 5.41) is 0.250. The molecular formula is C9H10ClNO3. The predicted molar refractivity (Wildman–Crippen MR) is 51.8 cm³/mol. The van der Waals surface area contributed by atoms with E-state index in [0.717, 1.165) is 0 Å². The third-order valence-corrected chi connectivity index (χ3v) is 1.83. The molecule has 1 aromatic rings. The molecule has 4 nitrogen and oxygen atoms in total. The summed E-state index contributed by atoms with van der Waals surface area (Å²) in [5.74, 6) is -0.143. The zero-order valence-corrected chi connectivity index (χ0v) is 8.67. The highest BCUT2D eigenvalue weighted by Crippen LogP contribution is 2.19. The van der Waals surface area contributed by atoms with E-state index in [1.54, 1.807) is 0 Å². The molecule has 0 atom stereocenters. The van der Waals surface area contributed by atoms with Crippen LogP contribution in [0.2, 0.25) is 5.02 Å². The number of nitrogens with zero attached hydrogens (tertiary/aromatic N) is 1. The molecule has 0 bridgehead atoms. The van der Waals surface area contributed by atoms with E-state index in [1.165, 1.54) is 19.4 Å². The molecule has 0 aliphatic rings. The van der Waals surface area contributed by atoms with Crippen LogP contribution >= 0.6 is 11.6 Å². The Morgan fingerprint density at radius 3 is 2.93 bits per heavy atom. The number of rotatable bonds is 3. The molecule has 0 saturated heterocycles. The van der Waals surface area contributed by atoms with Gasteiger partial charge in [-0.15, -0.1) is 0 Å². The zero-order chi connectivity index (χ0) is 10.6. The minimum atomic E-state index is -0.502. The molecule has 5 heteroatoms. The maximum atomic E-state index is 11.2. The van der Waals surface area contributed by atoms with E-state index in [1.807, 2.05) is 6.92 Å². The van der Waals surface area contributed by atoms with Crippen molar-refractivity contribution in [2.75, 3.05) is 13.7 Å². The van der Waals surface area contributed by atoms with Gasteiger partial charge in [0, 0.05) is 6.07 Å². The van der Waals surface area contributed by atoms with Crippen LogP contribution in [-0.4, -0.2) is 24.7 Å². The highest BCUT2D eigenvalue weighted by Gasteiger charge is 2.12. The highest BCUT2D eigenvalue weighted by atomic mass is 35.5. The molecule has 0 aliphatic heterocycles. The van der Waals surface area contributed by atoms with Crippen molar-refractivity contribution in [2.45, 2.75) is 6.92 Å². The molecule has 14 heavy (non-hydrogen) atoms. The van der Waals surface area contributed by atoms with Gasteiger partial charge in [-0.2, -0.15) is 0 Å². The molecule has 0 aliphatic carbocycles. The molecule has 0 saturated carbocycles. The van der Waals surface area contributed by atoms with Crippen molar-refractivity contribution in [1.29, 1.82) is 0 Å². The van der Waals surface area contributed by atoms with Crippen LogP contribution in [0, 0.1) is 0 Å². The molecule has 1 aromatic heterocycles. The maximum Gasteiger partial charge on any atom is 0.339 e. The molecule has 0 aromatic carbocycles. The van der Waals surface area contributed by atoms with Gasteiger partial charge in [0.05, 0.1) is 30.5 Å². The molecule has 0 spiro atoms. The van der Waals surface area contributed by atoms with Crippen molar-refractivity contribution in [3.63, 3.8) is 0 Å². The Hall–Kier alpha value is -1.29. The fraction of sp³-hybridized carbons (Fsp3) is 0.333. The monoisotopic (exact) mass is 215 g/mol. The number of methoxy groups -OCH3 is 1. The normalized spacial score (nSPS) is 9.64. The Labute approximate surface area is 86.8 Å². The van der Waals surface area contributed by atoms with E-state index in [-0.39, 0.29) is 10.6 Å². The second kappa shape index (κ2) is 4.81. The summed E-state index contributed by atoms with van der Waals surface area (Å²) in [4.78, 5) is 15.1. The zero-order valence-electron chi connectivity index (χ0n) is 7.91. The van der Waals surface area contributed by atoms with E-state index in [0.29, 0.717) is 12.5 Å². The van der Waals surface area contributed by atoms with Crippen molar-refractivity contribution in [3.8, 4) is 5.88 Å². The van der Waals surface area contributed by atoms with E-state index in [2.05, 4.69) is 9.72 Å². The average molecular weight is 216 g/mol. The van der Waals surface area contributed by atoms with Gasteiger partial charge < -0.3 is 9.47 Å². The Morgan fingerprint density at radius 2 is 2.36 bits per heavy atom. The van der Waals surface area contributed by atoms with Gasteiger partial charge in [-0.05, 0) is 6.92 Å². The van der Waals surface area contributed by atoms with E-state index in [4.69, 9.17) is 16.3 Å². The molecule has 0 fully saturated rings. The first kappa shape index (κ1) is 10.8. The Morgan fingerprint density at radius 1 is 1.64 bits per heavy atom. The van der Waals surface area contributed by atoms with Crippen LogP contribution in [0.25, 0.3) is 0 Å². The second-order valence-electron chi connectivity index (χ2n) is 2.43. The number of carbonyl (C=O) groups is 1. The SMILES string of the molecule is CCOc1cc(C(=O)OC)c(Cl)cn1. The highest BCUT2D eigenvalue weighted by molar-refractivity contribution is 6.33. The van der Waals surface area contributed by atoms with Gasteiger partial charge in [-0.3, -0.25) is 0 Å². The van der Waals surface area contributed by atoms with Crippen LogP contribution in [-0.2, 0) is 4.74 Å². The summed E-state index contributed by atoms with van der Waals surface area (Å²) in [5.41, 5.74) is 0.257. The lowest BCUT2D eigenvalue weighted by Gasteiger charge is -2.05. The van der Waals surface area contributed by atoms with Gasteiger partial charge in [0.2, 0.25) is 5.88 Å². The molecule has 76 valence electrons. The van der Waals surface area contributed by atoms with Gasteiger partial charge in [0.15, 0.2) is 0 Å². The number of pyridine rings is 1. The minimum absolute atomic E-state index is 0.250. The number of aromatic nitrogens is 1. The Kier molecular flexibility index (Phi) is 3.71. The second-order valence-corrected chi connectivity index (χ2v) is 2.83. The van der Waals surface area contributed by atoms with Crippen LogP contribution in [0.15, 0.2) is 12.3 Å². The topological polar surface area (TPSA) is 48.4 Å². The predicted octanol–water partition coefficient (Wildman–Crippen LogP) is 1.92. The lowest BCUT2D eigenvalue weighted by atomic mass is 10.3. The van der Waals surface area contributed by atoms with Crippen LogP contribution in [0.1, 0.15) is 17.3 Å². The van der Waals surface area contributed by atoms with Gasteiger partial charge in [-0.25, -0.2) is 9.78 Å². The molecular weight excluding hydrogens is 206 g/mol. The van der Waals surface area contributed by atoms with Gasteiger partial charge in [-0.1, -0.05) is 11.6 Å². The van der Waals surface area contributed by atoms with Crippen LogP contribution in [0.5, 0.6) is 5.88 Å². The van der Waals surface area contributed by atoms with E-state index >= 15 is 0 Å². The number of halogens is 1. The quantitative estimate of drug-likeness (QED) is 0.723. The Balaban J connectivity index is 3.01. The van der Waals surface area contributed by atoms with Crippen LogP contribution in [0.3, 0.4) is 0 Å². The van der Waals surface area contributed by atoms with Gasteiger partial charge in [0.25, 0.3) is 0 Å². The third kappa shape index (κ3) is 2.35. The van der Waals surface area contributed by atoms with Crippen molar-refractivity contribution >= 4 is 17.6 Å². The number of hydrogen-bond donors (Lipinski definition) is 0. The first-order valence-electron chi connectivity index (χ1n) is 4.05. The summed E-state index contributed by atoms with van der Waals surface area (Å²) in [6.07, 6.45) is 1.36. The van der Waals surface area contributed by atoms with Gasteiger partial charge in [0.1, 0.15) is 0 Å². The lowest BCUT2D eigenvalue weighted by Crippen LogP contribution is -2.04.